The van der Waals surface area contributed by atoms with Crippen molar-refractivity contribution < 1.29 is 34.8 Å². The number of aliphatic hydroxyl groups excluding tert-OH is 1. The molecule has 7 heteroatoms. The predicted octanol–water partition coefficient (Wildman–Crippen LogP) is 1.17. The lowest BCUT2D eigenvalue weighted by Crippen LogP contribution is -2.44. The Morgan fingerprint density at radius 3 is 2.07 bits per heavy atom. The van der Waals surface area contributed by atoms with Crippen molar-refractivity contribution in [1.29, 1.82) is 0 Å². The summed E-state index contributed by atoms with van der Waals surface area (Å²) in [6, 6.07) is 6.03. The number of aromatic hydroxyl groups is 2. The van der Waals surface area contributed by atoms with Gasteiger partial charge in [-0.25, -0.2) is 0 Å². The van der Waals surface area contributed by atoms with Crippen LogP contribution >= 0.6 is 0 Å². The van der Waals surface area contributed by atoms with Crippen LogP contribution in [0, 0.1) is 0 Å². The van der Waals surface area contributed by atoms with E-state index in [-0.39, 0.29) is 46.2 Å². The molecule has 2 atom stereocenters. The van der Waals surface area contributed by atoms with E-state index in [1.54, 1.807) is 12.1 Å². The number of ketones is 3. The van der Waals surface area contributed by atoms with Crippen LogP contribution in [0.25, 0.3) is 0 Å². The molecule has 2 aliphatic rings. The fourth-order valence-electron chi connectivity index (χ4n) is 3.98. The fourth-order valence-corrected chi connectivity index (χ4v) is 3.98. The Morgan fingerprint density at radius 1 is 1.04 bits per heavy atom. The molecule has 0 saturated heterocycles. The van der Waals surface area contributed by atoms with Crippen molar-refractivity contribution in [2.45, 2.75) is 31.5 Å². The Kier molecular flexibility index (Phi) is 3.53. The minimum Gasteiger partial charge on any atom is -0.507 e. The molecule has 0 amide bonds. The summed E-state index contributed by atoms with van der Waals surface area (Å²) in [6.45, 7) is 1.15. The molecule has 0 heterocycles. The number of phenols is 2. The molecule has 0 aliphatic heterocycles. The van der Waals surface area contributed by atoms with Crippen LogP contribution in [0.4, 0.5) is 0 Å². The third kappa shape index (κ3) is 2.19. The number of Topliss-reactive ketones (excluding diaryl/α,β-unsaturated/α-hetero) is 1. The highest BCUT2D eigenvalue weighted by atomic mass is 16.3. The lowest BCUT2D eigenvalue weighted by atomic mass is 9.72. The molecule has 0 radical (unpaired) electrons. The molecule has 138 valence electrons. The van der Waals surface area contributed by atoms with Gasteiger partial charge in [0.05, 0.1) is 17.2 Å². The minimum atomic E-state index is -1.94. The summed E-state index contributed by atoms with van der Waals surface area (Å²) in [5, 5.41) is 42.3. The zero-order valence-electron chi connectivity index (χ0n) is 14.3. The molecule has 1 unspecified atom stereocenters. The maximum atomic E-state index is 12.9. The van der Waals surface area contributed by atoms with E-state index in [1.165, 1.54) is 12.1 Å². The zero-order chi connectivity index (χ0) is 19.7. The summed E-state index contributed by atoms with van der Waals surface area (Å²) in [5.41, 5.74) is -2.76. The number of hydrogen-bond acceptors (Lipinski definition) is 7. The highest BCUT2D eigenvalue weighted by molar-refractivity contribution is 6.30. The van der Waals surface area contributed by atoms with Crippen LogP contribution in [0.5, 0.6) is 11.5 Å². The summed E-state index contributed by atoms with van der Waals surface area (Å²) in [4.78, 5) is 37.5. The van der Waals surface area contributed by atoms with E-state index in [0.717, 1.165) is 6.92 Å². The van der Waals surface area contributed by atoms with Crippen molar-refractivity contribution in [3.05, 3.63) is 57.6 Å². The third-order valence-corrected chi connectivity index (χ3v) is 5.45. The monoisotopic (exact) mass is 368 g/mol. The first kappa shape index (κ1) is 17.4. The Hall–Kier alpha value is -3.03. The molecule has 2 aromatic carbocycles. The predicted molar refractivity (Wildman–Crippen MR) is 92.0 cm³/mol. The van der Waals surface area contributed by atoms with E-state index >= 15 is 0 Å². The van der Waals surface area contributed by atoms with Crippen molar-refractivity contribution >= 4 is 17.3 Å². The van der Waals surface area contributed by atoms with Crippen molar-refractivity contribution in [3.63, 3.8) is 0 Å². The van der Waals surface area contributed by atoms with Gasteiger partial charge in [-0.1, -0.05) is 24.3 Å². The van der Waals surface area contributed by atoms with Crippen LogP contribution in [0.15, 0.2) is 24.3 Å². The maximum absolute atomic E-state index is 12.9. The van der Waals surface area contributed by atoms with Crippen LogP contribution < -0.4 is 0 Å². The van der Waals surface area contributed by atoms with Crippen molar-refractivity contribution in [1.82, 2.24) is 0 Å². The number of phenolic OH excluding ortho intramolecular Hbond substituents is 2. The van der Waals surface area contributed by atoms with Gasteiger partial charge in [0.25, 0.3) is 0 Å². The fraction of sp³-hybridized carbons (Fsp3) is 0.250. The van der Waals surface area contributed by atoms with Crippen LogP contribution in [-0.2, 0) is 11.2 Å². The van der Waals surface area contributed by atoms with E-state index < -0.39 is 40.6 Å². The topological polar surface area (TPSA) is 132 Å². The minimum absolute atomic E-state index is 0.0860. The van der Waals surface area contributed by atoms with Crippen molar-refractivity contribution in [2.24, 2.45) is 0 Å². The first-order chi connectivity index (χ1) is 12.7. The highest BCUT2D eigenvalue weighted by Gasteiger charge is 2.46. The maximum Gasteiger partial charge on any atom is 0.198 e. The summed E-state index contributed by atoms with van der Waals surface area (Å²) >= 11 is 0. The molecule has 2 aliphatic carbocycles. The quantitative estimate of drug-likeness (QED) is 0.474. The van der Waals surface area contributed by atoms with Gasteiger partial charge in [-0.3, -0.25) is 14.4 Å². The van der Waals surface area contributed by atoms with Gasteiger partial charge in [0.1, 0.15) is 17.1 Å². The molecule has 0 fully saturated rings. The average Bonchev–Trinajstić information content (AvgIpc) is 2.62. The SMILES string of the molecule is CC(=O)C1(O)Cc2c(O)c3c(c(O)c2[C@@H](O)C1)C(=O)c1ccccc1C3=O. The first-order valence-electron chi connectivity index (χ1n) is 8.38. The van der Waals surface area contributed by atoms with Crippen molar-refractivity contribution in [3.8, 4) is 11.5 Å². The van der Waals surface area contributed by atoms with Crippen molar-refractivity contribution in [2.75, 3.05) is 0 Å². The van der Waals surface area contributed by atoms with Gasteiger partial charge in [-0.2, -0.15) is 0 Å². The number of rotatable bonds is 1. The summed E-state index contributed by atoms with van der Waals surface area (Å²) in [7, 11) is 0. The molecule has 0 bridgehead atoms. The number of aliphatic hydroxyl groups is 2. The number of benzene rings is 2. The Morgan fingerprint density at radius 2 is 1.56 bits per heavy atom. The molecular weight excluding hydrogens is 352 g/mol. The van der Waals surface area contributed by atoms with E-state index in [2.05, 4.69) is 0 Å². The Bertz CT molecular complexity index is 1050. The van der Waals surface area contributed by atoms with E-state index in [9.17, 15) is 34.8 Å². The van der Waals surface area contributed by atoms with E-state index in [0.29, 0.717) is 0 Å². The highest BCUT2D eigenvalue weighted by Crippen LogP contribution is 2.50. The normalized spacial score (nSPS) is 23.4. The van der Waals surface area contributed by atoms with Gasteiger partial charge in [-0.05, 0) is 6.92 Å². The van der Waals surface area contributed by atoms with Crippen LogP contribution in [0.3, 0.4) is 0 Å². The first-order valence-corrected chi connectivity index (χ1v) is 8.38. The standard InChI is InChI=1S/C20H16O7/c1-8(21)20(27)6-11-13(12(22)7-20)19(26)15-14(18(11)25)16(23)9-4-2-3-5-10(9)17(15)24/h2-5,12,22,25-27H,6-7H2,1H3/t12-,20?/m0/s1. The second-order valence-corrected chi connectivity index (χ2v) is 7.03. The molecule has 27 heavy (non-hydrogen) atoms. The summed E-state index contributed by atoms with van der Waals surface area (Å²) in [6.07, 6.45) is -2.26. The molecule has 7 nitrogen and oxygen atoms in total. The molecule has 0 saturated carbocycles. The van der Waals surface area contributed by atoms with Crippen LogP contribution in [0.2, 0.25) is 0 Å². The molecule has 2 aromatic rings. The van der Waals surface area contributed by atoms with E-state index in [1.807, 2.05) is 0 Å². The van der Waals surface area contributed by atoms with Gasteiger partial charge in [0.15, 0.2) is 17.3 Å². The van der Waals surface area contributed by atoms with E-state index in [4.69, 9.17) is 0 Å². The number of carbonyl (C=O) groups excluding carboxylic acids is 3. The molecular formula is C20H16O7. The Balaban J connectivity index is 2.04. The summed E-state index contributed by atoms with van der Waals surface area (Å²) in [5.74, 6) is -3.12. The largest absolute Gasteiger partial charge is 0.507 e. The lowest BCUT2D eigenvalue weighted by Gasteiger charge is -2.36. The second-order valence-electron chi connectivity index (χ2n) is 7.03. The zero-order valence-corrected chi connectivity index (χ0v) is 14.3. The van der Waals surface area contributed by atoms with Gasteiger partial charge in [0, 0.05) is 35.1 Å². The number of hydrogen-bond donors (Lipinski definition) is 4. The second kappa shape index (κ2) is 5.48. The number of carbonyl (C=O) groups is 3. The van der Waals surface area contributed by atoms with Gasteiger partial charge >= 0.3 is 0 Å². The number of fused-ring (bicyclic) bond motifs is 3. The van der Waals surface area contributed by atoms with Gasteiger partial charge < -0.3 is 20.4 Å². The molecule has 4 N–H and O–H groups in total. The van der Waals surface area contributed by atoms with Gasteiger partial charge in [-0.15, -0.1) is 0 Å². The molecule has 0 aromatic heterocycles. The Labute approximate surface area is 153 Å². The third-order valence-electron chi connectivity index (χ3n) is 5.45. The smallest absolute Gasteiger partial charge is 0.198 e. The molecule has 4 rings (SSSR count). The summed E-state index contributed by atoms with van der Waals surface area (Å²) < 4.78 is 0. The van der Waals surface area contributed by atoms with Crippen LogP contribution in [0.1, 0.15) is 62.4 Å². The van der Waals surface area contributed by atoms with Gasteiger partial charge in [0.2, 0.25) is 0 Å². The lowest BCUT2D eigenvalue weighted by molar-refractivity contribution is -0.139. The molecule has 0 spiro atoms. The van der Waals surface area contributed by atoms with Crippen LogP contribution in [-0.4, -0.2) is 43.4 Å². The average molecular weight is 368 g/mol.